The van der Waals surface area contributed by atoms with E-state index < -0.39 is 0 Å². The molecule has 0 fully saturated rings. The van der Waals surface area contributed by atoms with E-state index in [2.05, 4.69) is 41.5 Å². The molecule has 0 radical (unpaired) electrons. The van der Waals surface area contributed by atoms with Crippen molar-refractivity contribution in [1.29, 1.82) is 0 Å². The highest BCUT2D eigenvalue weighted by Gasteiger charge is 2.13. The van der Waals surface area contributed by atoms with Crippen molar-refractivity contribution >= 4 is 0 Å². The SMILES string of the molecule is CC.CCC(C)C(C)CCC(C)C(C)C. The molecule has 0 rings (SSSR count). The molecule has 0 saturated carbocycles. The van der Waals surface area contributed by atoms with Crippen molar-refractivity contribution in [2.75, 3.05) is 0 Å². The fourth-order valence-corrected chi connectivity index (χ4v) is 1.55. The molecule has 0 aromatic carbocycles. The number of hydrogen-bond donors (Lipinski definition) is 0. The first-order chi connectivity index (χ1) is 6.99. The zero-order chi connectivity index (χ0) is 12.4. The molecule has 0 nitrogen and oxygen atoms in total. The molecule has 3 unspecified atom stereocenters. The van der Waals surface area contributed by atoms with Gasteiger partial charge in [-0.2, -0.15) is 0 Å². The molecule has 94 valence electrons. The molecule has 0 N–H and O–H groups in total. The van der Waals surface area contributed by atoms with Gasteiger partial charge in [0.25, 0.3) is 0 Å². The second-order valence-electron chi connectivity index (χ2n) is 5.16. The van der Waals surface area contributed by atoms with Crippen LogP contribution in [-0.2, 0) is 0 Å². The maximum absolute atomic E-state index is 2.40. The normalized spacial score (nSPS) is 16.6. The zero-order valence-electron chi connectivity index (χ0n) is 12.4. The van der Waals surface area contributed by atoms with Crippen molar-refractivity contribution < 1.29 is 0 Å². The highest BCUT2D eigenvalue weighted by Crippen LogP contribution is 2.24. The fourth-order valence-electron chi connectivity index (χ4n) is 1.55. The summed E-state index contributed by atoms with van der Waals surface area (Å²) in [4.78, 5) is 0. The highest BCUT2D eigenvalue weighted by atomic mass is 14.2. The van der Waals surface area contributed by atoms with Gasteiger partial charge in [-0.1, -0.05) is 74.7 Å². The lowest BCUT2D eigenvalue weighted by molar-refractivity contribution is 0.296. The zero-order valence-corrected chi connectivity index (χ0v) is 12.4. The maximum Gasteiger partial charge on any atom is -0.0417 e. The monoisotopic (exact) mass is 214 g/mol. The molecular weight excluding hydrogens is 180 g/mol. The summed E-state index contributed by atoms with van der Waals surface area (Å²) in [6.45, 7) is 18.1. The Morgan fingerprint density at radius 3 is 1.40 bits per heavy atom. The van der Waals surface area contributed by atoms with Gasteiger partial charge >= 0.3 is 0 Å². The molecule has 0 aliphatic rings. The molecule has 3 atom stereocenters. The molecule has 0 heteroatoms. The van der Waals surface area contributed by atoms with Gasteiger partial charge in [0, 0.05) is 0 Å². The van der Waals surface area contributed by atoms with Crippen LogP contribution in [0.3, 0.4) is 0 Å². The molecule has 0 saturated heterocycles. The van der Waals surface area contributed by atoms with Crippen LogP contribution in [0, 0.1) is 23.7 Å². The smallest absolute Gasteiger partial charge is 0.0417 e. The summed E-state index contributed by atoms with van der Waals surface area (Å²) < 4.78 is 0. The van der Waals surface area contributed by atoms with Gasteiger partial charge in [-0.3, -0.25) is 0 Å². The average molecular weight is 214 g/mol. The molecule has 0 aromatic heterocycles. The van der Waals surface area contributed by atoms with Crippen molar-refractivity contribution in [2.24, 2.45) is 23.7 Å². The fraction of sp³-hybridized carbons (Fsp3) is 1.00. The summed E-state index contributed by atoms with van der Waals surface area (Å²) >= 11 is 0. The van der Waals surface area contributed by atoms with Crippen LogP contribution in [0.25, 0.3) is 0 Å². The third-order valence-corrected chi connectivity index (χ3v) is 3.83. The van der Waals surface area contributed by atoms with Crippen molar-refractivity contribution in [2.45, 2.75) is 74.7 Å². The van der Waals surface area contributed by atoms with Gasteiger partial charge in [0.2, 0.25) is 0 Å². The van der Waals surface area contributed by atoms with Crippen LogP contribution in [0.4, 0.5) is 0 Å². The van der Waals surface area contributed by atoms with E-state index in [9.17, 15) is 0 Å². The minimum atomic E-state index is 0.851. The third kappa shape index (κ3) is 8.96. The van der Waals surface area contributed by atoms with Gasteiger partial charge in [-0.05, 0) is 23.7 Å². The van der Waals surface area contributed by atoms with E-state index in [-0.39, 0.29) is 0 Å². The van der Waals surface area contributed by atoms with Crippen molar-refractivity contribution in [3.05, 3.63) is 0 Å². The van der Waals surface area contributed by atoms with Crippen molar-refractivity contribution in [3.63, 3.8) is 0 Å². The van der Waals surface area contributed by atoms with E-state index in [1.54, 1.807) is 0 Å². The van der Waals surface area contributed by atoms with Crippen LogP contribution in [0.15, 0.2) is 0 Å². The Bertz CT molecular complexity index is 115. The second kappa shape index (κ2) is 10.5. The van der Waals surface area contributed by atoms with Crippen LogP contribution in [-0.4, -0.2) is 0 Å². The topological polar surface area (TPSA) is 0 Å². The lowest BCUT2D eigenvalue weighted by Gasteiger charge is -2.21. The average Bonchev–Trinajstić information content (AvgIpc) is 2.26. The Kier molecular flexibility index (Phi) is 12.2. The van der Waals surface area contributed by atoms with Crippen LogP contribution < -0.4 is 0 Å². The van der Waals surface area contributed by atoms with E-state index in [1.807, 2.05) is 13.8 Å². The number of hydrogen-bond acceptors (Lipinski definition) is 0. The molecule has 0 spiro atoms. The highest BCUT2D eigenvalue weighted by molar-refractivity contribution is 4.64. The van der Waals surface area contributed by atoms with E-state index in [0.29, 0.717) is 0 Å². The first kappa shape index (κ1) is 17.4. The summed E-state index contributed by atoms with van der Waals surface area (Å²) in [5, 5.41) is 0. The van der Waals surface area contributed by atoms with Gasteiger partial charge < -0.3 is 0 Å². The van der Waals surface area contributed by atoms with Crippen LogP contribution in [0.5, 0.6) is 0 Å². The Morgan fingerprint density at radius 2 is 1.07 bits per heavy atom. The van der Waals surface area contributed by atoms with E-state index >= 15 is 0 Å². The van der Waals surface area contributed by atoms with E-state index in [4.69, 9.17) is 0 Å². The molecule has 0 aliphatic heterocycles. The number of rotatable bonds is 6. The van der Waals surface area contributed by atoms with Crippen molar-refractivity contribution in [3.8, 4) is 0 Å². The van der Waals surface area contributed by atoms with E-state index in [1.165, 1.54) is 19.3 Å². The minimum absolute atomic E-state index is 0.851. The first-order valence-electron chi connectivity index (χ1n) is 6.99. The van der Waals surface area contributed by atoms with Crippen LogP contribution in [0.2, 0.25) is 0 Å². The van der Waals surface area contributed by atoms with Gasteiger partial charge in [0.05, 0.1) is 0 Å². The molecule has 0 bridgehead atoms. The van der Waals surface area contributed by atoms with Crippen molar-refractivity contribution in [1.82, 2.24) is 0 Å². The van der Waals surface area contributed by atoms with Gasteiger partial charge in [0.15, 0.2) is 0 Å². The predicted molar refractivity (Wildman–Crippen MR) is 73.2 cm³/mol. The molecule has 0 amide bonds. The standard InChI is InChI=1S/C13H28.C2H6/c1-7-11(4)13(6)9-8-12(5)10(2)3;1-2/h10-13H,7-9H2,1-6H3;1-2H3. The Hall–Kier alpha value is 0. The summed E-state index contributed by atoms with van der Waals surface area (Å²) in [5.74, 6) is 3.56. The maximum atomic E-state index is 2.40. The lowest BCUT2D eigenvalue weighted by atomic mass is 9.84. The van der Waals surface area contributed by atoms with Crippen LogP contribution in [0.1, 0.15) is 74.7 Å². The molecule has 0 aliphatic carbocycles. The lowest BCUT2D eigenvalue weighted by Crippen LogP contribution is -2.11. The molecule has 0 heterocycles. The van der Waals surface area contributed by atoms with Gasteiger partial charge in [-0.25, -0.2) is 0 Å². The second-order valence-corrected chi connectivity index (χ2v) is 5.16. The van der Waals surface area contributed by atoms with Gasteiger partial charge in [0.1, 0.15) is 0 Å². The van der Waals surface area contributed by atoms with E-state index in [0.717, 1.165) is 23.7 Å². The Balaban J connectivity index is 0. The molecular formula is C15H34. The molecule has 15 heavy (non-hydrogen) atoms. The summed E-state index contributed by atoms with van der Waals surface area (Å²) in [5.41, 5.74) is 0. The third-order valence-electron chi connectivity index (χ3n) is 3.83. The van der Waals surface area contributed by atoms with Gasteiger partial charge in [-0.15, -0.1) is 0 Å². The Labute approximate surface area is 98.9 Å². The first-order valence-corrected chi connectivity index (χ1v) is 6.99. The molecule has 0 aromatic rings. The summed E-state index contributed by atoms with van der Waals surface area (Å²) in [6.07, 6.45) is 4.15. The predicted octanol–water partition coefficient (Wildman–Crippen LogP) is 5.77. The summed E-state index contributed by atoms with van der Waals surface area (Å²) in [7, 11) is 0. The minimum Gasteiger partial charge on any atom is -0.0683 e. The van der Waals surface area contributed by atoms with Crippen LogP contribution >= 0.6 is 0 Å². The summed E-state index contributed by atoms with van der Waals surface area (Å²) in [6, 6.07) is 0. The quantitative estimate of drug-likeness (QED) is 0.527. The largest absolute Gasteiger partial charge is 0.0683 e. The Morgan fingerprint density at radius 1 is 0.667 bits per heavy atom.